The summed E-state index contributed by atoms with van der Waals surface area (Å²) in [5, 5.41) is 0. The third kappa shape index (κ3) is 5.63. The minimum absolute atomic E-state index is 0.0380. The maximum Gasteiger partial charge on any atom is 0.284 e. The maximum atomic E-state index is 13.5. The van der Waals surface area contributed by atoms with Gasteiger partial charge in [-0.25, -0.2) is 22.5 Å². The molecule has 0 amide bonds. The van der Waals surface area contributed by atoms with Gasteiger partial charge in [0.25, 0.3) is 12.9 Å². The van der Waals surface area contributed by atoms with Crippen molar-refractivity contribution >= 4 is 0 Å². The summed E-state index contributed by atoms with van der Waals surface area (Å²) in [6, 6.07) is 5.33. The number of hydrogen-bond donors (Lipinski definition) is 1. The SMILES string of the molecule is CC(C)CC(C)C(N)Oc1ccc(-c2ccnc(C(F)F)c2)nc1C(F)F. The molecule has 0 fully saturated rings. The Labute approximate surface area is 155 Å². The molecule has 2 aromatic rings. The monoisotopic (exact) mass is 385 g/mol. The van der Waals surface area contributed by atoms with Crippen molar-refractivity contribution in [3.05, 3.63) is 41.9 Å². The molecule has 2 unspecified atom stereocenters. The van der Waals surface area contributed by atoms with E-state index in [1.807, 2.05) is 20.8 Å². The first-order chi connectivity index (χ1) is 12.7. The van der Waals surface area contributed by atoms with E-state index in [4.69, 9.17) is 10.5 Å². The molecule has 8 heteroatoms. The van der Waals surface area contributed by atoms with Gasteiger partial charge < -0.3 is 4.74 Å². The van der Waals surface area contributed by atoms with Crippen LogP contribution in [0.1, 0.15) is 51.4 Å². The minimum atomic E-state index is -2.90. The van der Waals surface area contributed by atoms with E-state index in [1.165, 1.54) is 24.4 Å². The van der Waals surface area contributed by atoms with Crippen LogP contribution in [-0.4, -0.2) is 16.2 Å². The molecule has 0 radical (unpaired) electrons. The van der Waals surface area contributed by atoms with Gasteiger partial charge in [0.2, 0.25) is 0 Å². The summed E-state index contributed by atoms with van der Waals surface area (Å²) in [4.78, 5) is 7.47. The fourth-order valence-electron chi connectivity index (χ4n) is 2.75. The molecule has 0 aliphatic heterocycles. The van der Waals surface area contributed by atoms with Crippen molar-refractivity contribution in [1.29, 1.82) is 0 Å². The molecule has 4 nitrogen and oxygen atoms in total. The van der Waals surface area contributed by atoms with E-state index in [2.05, 4.69) is 9.97 Å². The van der Waals surface area contributed by atoms with E-state index in [0.717, 1.165) is 12.5 Å². The molecule has 148 valence electrons. The van der Waals surface area contributed by atoms with E-state index in [1.54, 1.807) is 0 Å². The molecule has 2 atom stereocenters. The molecule has 27 heavy (non-hydrogen) atoms. The van der Waals surface area contributed by atoms with Crippen LogP contribution >= 0.6 is 0 Å². The van der Waals surface area contributed by atoms with Crippen molar-refractivity contribution < 1.29 is 22.3 Å². The Morgan fingerprint density at radius 3 is 2.33 bits per heavy atom. The Morgan fingerprint density at radius 1 is 1.04 bits per heavy atom. The topological polar surface area (TPSA) is 61.0 Å². The number of aromatic nitrogens is 2. The number of pyridine rings is 2. The zero-order valence-corrected chi connectivity index (χ0v) is 15.4. The van der Waals surface area contributed by atoms with Gasteiger partial charge in [0.15, 0.2) is 0 Å². The maximum absolute atomic E-state index is 13.5. The van der Waals surface area contributed by atoms with Crippen molar-refractivity contribution in [2.45, 2.75) is 46.3 Å². The summed E-state index contributed by atoms with van der Waals surface area (Å²) in [6.07, 6.45) is -4.45. The second-order valence-electron chi connectivity index (χ2n) is 6.84. The highest BCUT2D eigenvalue weighted by atomic mass is 19.3. The van der Waals surface area contributed by atoms with Gasteiger partial charge in [0.1, 0.15) is 23.4 Å². The number of ether oxygens (including phenoxy) is 1. The van der Waals surface area contributed by atoms with Gasteiger partial charge in [-0.2, -0.15) is 0 Å². The lowest BCUT2D eigenvalue weighted by atomic mass is 9.98. The Balaban J connectivity index is 2.30. The molecule has 0 saturated carbocycles. The predicted octanol–water partition coefficient (Wildman–Crippen LogP) is 5.36. The lowest BCUT2D eigenvalue weighted by Gasteiger charge is -2.23. The number of halogens is 4. The van der Waals surface area contributed by atoms with Crippen molar-refractivity contribution in [1.82, 2.24) is 9.97 Å². The molecule has 2 rings (SSSR count). The number of hydrogen-bond acceptors (Lipinski definition) is 4. The summed E-state index contributed by atoms with van der Waals surface area (Å²) in [5.41, 5.74) is 5.36. The van der Waals surface area contributed by atoms with Gasteiger partial charge in [-0.1, -0.05) is 20.8 Å². The molecule has 0 bridgehead atoms. The Kier molecular flexibility index (Phi) is 7.12. The van der Waals surface area contributed by atoms with E-state index < -0.39 is 30.5 Å². The molecule has 0 aliphatic carbocycles. The van der Waals surface area contributed by atoms with Crippen LogP contribution in [0.25, 0.3) is 11.3 Å². The van der Waals surface area contributed by atoms with Crippen LogP contribution in [0.5, 0.6) is 5.75 Å². The smallest absolute Gasteiger partial charge is 0.284 e. The van der Waals surface area contributed by atoms with Gasteiger partial charge in [-0.05, 0) is 36.6 Å². The molecular formula is C19H23F4N3O. The van der Waals surface area contributed by atoms with Crippen LogP contribution in [0, 0.1) is 11.8 Å². The summed E-state index contributed by atoms with van der Waals surface area (Å²) in [6.45, 7) is 5.95. The Morgan fingerprint density at radius 2 is 1.74 bits per heavy atom. The first kappa shape index (κ1) is 21.1. The van der Waals surface area contributed by atoms with E-state index in [-0.39, 0.29) is 22.9 Å². The summed E-state index contributed by atoms with van der Waals surface area (Å²) in [7, 11) is 0. The zero-order chi connectivity index (χ0) is 20.1. The number of nitrogens with two attached hydrogens (primary N) is 1. The summed E-state index contributed by atoms with van der Waals surface area (Å²) < 4.78 is 58.1. The first-order valence-corrected chi connectivity index (χ1v) is 8.64. The van der Waals surface area contributed by atoms with Gasteiger partial charge in [-0.3, -0.25) is 10.7 Å². The molecule has 2 heterocycles. The van der Waals surface area contributed by atoms with Crippen LogP contribution in [0.3, 0.4) is 0 Å². The fourth-order valence-corrected chi connectivity index (χ4v) is 2.75. The average molecular weight is 385 g/mol. The van der Waals surface area contributed by atoms with E-state index in [9.17, 15) is 17.6 Å². The zero-order valence-electron chi connectivity index (χ0n) is 15.4. The molecule has 2 aromatic heterocycles. The van der Waals surface area contributed by atoms with Gasteiger partial charge in [-0.15, -0.1) is 0 Å². The van der Waals surface area contributed by atoms with E-state index in [0.29, 0.717) is 5.92 Å². The summed E-state index contributed by atoms with van der Waals surface area (Å²) in [5.74, 6) is 0.240. The lowest BCUT2D eigenvalue weighted by Crippen LogP contribution is -2.35. The predicted molar refractivity (Wildman–Crippen MR) is 94.6 cm³/mol. The van der Waals surface area contributed by atoms with Gasteiger partial charge in [0, 0.05) is 17.7 Å². The summed E-state index contributed by atoms with van der Waals surface area (Å²) >= 11 is 0. The second kappa shape index (κ2) is 9.12. The van der Waals surface area contributed by atoms with Gasteiger partial charge >= 0.3 is 0 Å². The number of alkyl halides is 4. The Hall–Kier alpha value is -2.22. The molecule has 0 saturated heterocycles. The van der Waals surface area contributed by atoms with E-state index >= 15 is 0 Å². The minimum Gasteiger partial charge on any atom is -0.473 e. The molecule has 2 N–H and O–H groups in total. The molecule has 0 spiro atoms. The van der Waals surface area contributed by atoms with Crippen LogP contribution in [0.15, 0.2) is 30.5 Å². The molecular weight excluding hydrogens is 362 g/mol. The lowest BCUT2D eigenvalue weighted by molar-refractivity contribution is 0.111. The number of rotatable bonds is 8. The highest BCUT2D eigenvalue weighted by molar-refractivity contribution is 5.60. The van der Waals surface area contributed by atoms with Crippen LogP contribution < -0.4 is 10.5 Å². The van der Waals surface area contributed by atoms with Crippen LogP contribution in [0.2, 0.25) is 0 Å². The Bertz CT molecular complexity index is 755. The van der Waals surface area contributed by atoms with Crippen molar-refractivity contribution in [2.24, 2.45) is 17.6 Å². The van der Waals surface area contributed by atoms with Crippen molar-refractivity contribution in [3.63, 3.8) is 0 Å². The normalized spacial score (nSPS) is 14.0. The van der Waals surface area contributed by atoms with Gasteiger partial charge in [0.05, 0.1) is 5.69 Å². The van der Waals surface area contributed by atoms with Crippen molar-refractivity contribution in [3.8, 4) is 17.0 Å². The third-order valence-electron chi connectivity index (χ3n) is 4.06. The largest absolute Gasteiger partial charge is 0.473 e. The highest BCUT2D eigenvalue weighted by Crippen LogP contribution is 2.32. The molecule has 0 aromatic carbocycles. The van der Waals surface area contributed by atoms with Crippen LogP contribution in [-0.2, 0) is 0 Å². The second-order valence-corrected chi connectivity index (χ2v) is 6.84. The average Bonchev–Trinajstić information content (AvgIpc) is 2.61. The molecule has 0 aliphatic rings. The fraction of sp³-hybridized carbons (Fsp3) is 0.474. The van der Waals surface area contributed by atoms with Crippen molar-refractivity contribution in [2.75, 3.05) is 0 Å². The van der Waals surface area contributed by atoms with Crippen LogP contribution in [0.4, 0.5) is 17.6 Å². The third-order valence-corrected chi connectivity index (χ3v) is 4.06. The quantitative estimate of drug-likeness (QED) is 0.491. The number of nitrogens with zero attached hydrogens (tertiary/aromatic N) is 2. The highest BCUT2D eigenvalue weighted by Gasteiger charge is 2.22. The first-order valence-electron chi connectivity index (χ1n) is 8.64. The standard InChI is InChI=1S/C19H23F4N3O/c1-10(2)8-11(3)19(24)27-15-5-4-13(26-16(15)18(22)23)12-6-7-25-14(9-12)17(20)21/h4-7,9-11,17-19H,8,24H2,1-3H3.